The van der Waals surface area contributed by atoms with Crippen LogP contribution in [0.2, 0.25) is 0 Å². The highest BCUT2D eigenvalue weighted by Crippen LogP contribution is 2.44. The van der Waals surface area contributed by atoms with Gasteiger partial charge in [0.15, 0.2) is 5.79 Å². The van der Waals surface area contributed by atoms with Crippen LogP contribution in [0.3, 0.4) is 0 Å². The summed E-state index contributed by atoms with van der Waals surface area (Å²) in [5.74, 6) is -0.232. The van der Waals surface area contributed by atoms with Crippen LogP contribution < -0.4 is 0 Å². The van der Waals surface area contributed by atoms with Crippen molar-refractivity contribution in [3.8, 4) is 0 Å². The van der Waals surface area contributed by atoms with Crippen molar-refractivity contribution >= 4 is 15.9 Å². The van der Waals surface area contributed by atoms with Crippen LogP contribution in [0.4, 0.5) is 0 Å². The van der Waals surface area contributed by atoms with Crippen molar-refractivity contribution in [3.63, 3.8) is 0 Å². The second-order valence-corrected chi connectivity index (χ2v) is 5.52. The molecule has 3 atom stereocenters. The first-order valence-corrected chi connectivity index (χ1v) is 6.39. The minimum atomic E-state index is -0.232. The van der Waals surface area contributed by atoms with Crippen LogP contribution in [-0.4, -0.2) is 22.8 Å². The number of hydrogen-bond acceptors (Lipinski definition) is 2. The standard InChI is InChI=1S/C11H15BrO2/c12-8-4-5-9-10(8)14-11(13-9)6-2-1-3-7-11/h4-5,8-10H,1-3,6-7H2/t8-,9+,10-/m1/s1. The highest BCUT2D eigenvalue weighted by atomic mass is 79.9. The Morgan fingerprint density at radius 3 is 2.57 bits per heavy atom. The topological polar surface area (TPSA) is 18.5 Å². The van der Waals surface area contributed by atoms with E-state index in [0.717, 1.165) is 12.8 Å². The number of hydrogen-bond donors (Lipinski definition) is 0. The minimum absolute atomic E-state index is 0.192. The van der Waals surface area contributed by atoms with Crippen molar-refractivity contribution in [2.45, 2.75) is 54.9 Å². The summed E-state index contributed by atoms with van der Waals surface area (Å²) in [6.07, 6.45) is 10.6. The van der Waals surface area contributed by atoms with Crippen LogP contribution in [-0.2, 0) is 9.47 Å². The third-order valence-corrected chi connectivity index (χ3v) is 4.27. The maximum absolute atomic E-state index is 6.09. The second-order valence-electron chi connectivity index (χ2n) is 4.47. The molecule has 0 bridgehead atoms. The van der Waals surface area contributed by atoms with Crippen LogP contribution in [0.25, 0.3) is 0 Å². The molecule has 1 saturated carbocycles. The number of fused-ring (bicyclic) bond motifs is 1. The van der Waals surface area contributed by atoms with Gasteiger partial charge in [0.1, 0.15) is 12.2 Å². The molecular weight excluding hydrogens is 244 g/mol. The molecule has 0 amide bonds. The molecule has 0 aromatic rings. The molecule has 3 rings (SSSR count). The summed E-state index contributed by atoms with van der Waals surface area (Å²) in [7, 11) is 0. The molecule has 2 nitrogen and oxygen atoms in total. The fourth-order valence-corrected chi connectivity index (χ4v) is 3.29. The van der Waals surface area contributed by atoms with Gasteiger partial charge >= 0.3 is 0 Å². The summed E-state index contributed by atoms with van der Waals surface area (Å²) >= 11 is 3.60. The maximum Gasteiger partial charge on any atom is 0.169 e. The van der Waals surface area contributed by atoms with Crippen LogP contribution in [0.1, 0.15) is 32.1 Å². The maximum atomic E-state index is 6.09. The summed E-state index contributed by atoms with van der Waals surface area (Å²) < 4.78 is 12.1. The lowest BCUT2D eigenvalue weighted by atomic mass is 9.94. The van der Waals surface area contributed by atoms with Gasteiger partial charge in [-0.15, -0.1) is 0 Å². The lowest BCUT2D eigenvalue weighted by Crippen LogP contribution is -2.34. The molecule has 2 aliphatic carbocycles. The third kappa shape index (κ3) is 1.37. The van der Waals surface area contributed by atoms with Gasteiger partial charge in [-0.2, -0.15) is 0 Å². The Morgan fingerprint density at radius 2 is 1.86 bits per heavy atom. The molecule has 1 heterocycles. The molecule has 78 valence electrons. The predicted octanol–water partition coefficient (Wildman–Crippen LogP) is 2.76. The first-order valence-electron chi connectivity index (χ1n) is 5.47. The smallest absolute Gasteiger partial charge is 0.169 e. The number of halogens is 1. The largest absolute Gasteiger partial charge is 0.342 e. The number of alkyl halides is 1. The average Bonchev–Trinajstić information content (AvgIpc) is 2.68. The Bertz CT molecular complexity index is 258. The van der Waals surface area contributed by atoms with Gasteiger partial charge in [-0.3, -0.25) is 0 Å². The van der Waals surface area contributed by atoms with E-state index in [9.17, 15) is 0 Å². The SMILES string of the molecule is Br[C@@H]1C=C[C@@H]2OC3(CCCCC3)O[C@H]12. The molecule has 0 radical (unpaired) electrons. The van der Waals surface area contributed by atoms with Crippen LogP contribution in [0.5, 0.6) is 0 Å². The molecular formula is C11H15BrO2. The van der Waals surface area contributed by atoms with Crippen molar-refractivity contribution in [3.05, 3.63) is 12.2 Å². The molecule has 1 aliphatic heterocycles. The Kier molecular flexibility index (Phi) is 2.22. The van der Waals surface area contributed by atoms with Gasteiger partial charge < -0.3 is 9.47 Å². The second kappa shape index (κ2) is 3.32. The molecule has 0 unspecified atom stereocenters. The number of ether oxygens (including phenoxy) is 2. The van der Waals surface area contributed by atoms with Crippen molar-refractivity contribution in [1.82, 2.24) is 0 Å². The van der Waals surface area contributed by atoms with Crippen LogP contribution in [0, 0.1) is 0 Å². The van der Waals surface area contributed by atoms with Gasteiger partial charge in [-0.1, -0.05) is 34.5 Å². The first kappa shape index (κ1) is 9.37. The summed E-state index contributed by atoms with van der Waals surface area (Å²) in [6.45, 7) is 0. The van der Waals surface area contributed by atoms with E-state index in [0.29, 0.717) is 4.83 Å². The van der Waals surface area contributed by atoms with Crippen molar-refractivity contribution in [2.24, 2.45) is 0 Å². The summed E-state index contributed by atoms with van der Waals surface area (Å²) in [5.41, 5.74) is 0. The zero-order valence-corrected chi connectivity index (χ0v) is 9.70. The fourth-order valence-electron chi connectivity index (χ4n) is 2.70. The molecule has 3 heteroatoms. The predicted molar refractivity (Wildman–Crippen MR) is 57.4 cm³/mol. The van der Waals surface area contributed by atoms with Gasteiger partial charge in [0.2, 0.25) is 0 Å². The zero-order chi connectivity index (χ0) is 9.60. The van der Waals surface area contributed by atoms with Gasteiger partial charge in [-0.05, 0) is 12.8 Å². The van der Waals surface area contributed by atoms with Gasteiger partial charge in [0.05, 0.1) is 4.83 Å². The monoisotopic (exact) mass is 258 g/mol. The van der Waals surface area contributed by atoms with Crippen LogP contribution >= 0.6 is 15.9 Å². The quantitative estimate of drug-likeness (QED) is 0.492. The van der Waals surface area contributed by atoms with E-state index in [1.807, 2.05) is 0 Å². The van der Waals surface area contributed by atoms with E-state index in [2.05, 4.69) is 28.1 Å². The first-order chi connectivity index (χ1) is 6.79. The number of rotatable bonds is 0. The minimum Gasteiger partial charge on any atom is -0.342 e. The summed E-state index contributed by atoms with van der Waals surface area (Å²) in [5, 5.41) is 0. The highest BCUT2D eigenvalue weighted by molar-refractivity contribution is 9.09. The van der Waals surface area contributed by atoms with Crippen LogP contribution in [0.15, 0.2) is 12.2 Å². The lowest BCUT2D eigenvalue weighted by molar-refractivity contribution is -0.191. The average molecular weight is 259 g/mol. The van der Waals surface area contributed by atoms with Crippen molar-refractivity contribution in [1.29, 1.82) is 0 Å². The Morgan fingerprint density at radius 1 is 1.07 bits per heavy atom. The zero-order valence-electron chi connectivity index (χ0n) is 8.12. The Balaban J connectivity index is 1.77. The summed E-state index contributed by atoms with van der Waals surface area (Å²) in [4.78, 5) is 0.341. The lowest BCUT2D eigenvalue weighted by Gasteiger charge is -2.32. The molecule has 2 fully saturated rings. The Hall–Kier alpha value is 0.140. The molecule has 0 aromatic carbocycles. The molecule has 0 N–H and O–H groups in total. The Labute approximate surface area is 92.8 Å². The van der Waals surface area contributed by atoms with E-state index >= 15 is 0 Å². The normalized spacial score (nSPS) is 44.5. The van der Waals surface area contributed by atoms with Gasteiger partial charge in [0.25, 0.3) is 0 Å². The van der Waals surface area contributed by atoms with E-state index in [-0.39, 0.29) is 18.0 Å². The molecule has 1 spiro atoms. The molecule has 14 heavy (non-hydrogen) atoms. The highest BCUT2D eigenvalue weighted by Gasteiger charge is 2.50. The van der Waals surface area contributed by atoms with Crippen molar-refractivity contribution < 1.29 is 9.47 Å². The van der Waals surface area contributed by atoms with Gasteiger partial charge in [0, 0.05) is 12.8 Å². The van der Waals surface area contributed by atoms with E-state index in [1.54, 1.807) is 0 Å². The summed E-state index contributed by atoms with van der Waals surface area (Å²) in [6, 6.07) is 0. The van der Waals surface area contributed by atoms with E-state index in [1.165, 1.54) is 19.3 Å². The van der Waals surface area contributed by atoms with Crippen molar-refractivity contribution in [2.75, 3.05) is 0 Å². The van der Waals surface area contributed by atoms with E-state index in [4.69, 9.17) is 9.47 Å². The molecule has 1 saturated heterocycles. The fraction of sp³-hybridized carbons (Fsp3) is 0.818. The third-order valence-electron chi connectivity index (χ3n) is 3.44. The molecule has 0 aromatic heterocycles. The van der Waals surface area contributed by atoms with E-state index < -0.39 is 0 Å². The molecule has 3 aliphatic rings. The van der Waals surface area contributed by atoms with Gasteiger partial charge in [-0.25, -0.2) is 0 Å².